The van der Waals surface area contributed by atoms with Crippen molar-refractivity contribution in [1.29, 1.82) is 0 Å². The van der Waals surface area contributed by atoms with Gasteiger partial charge in [-0.05, 0) is 42.7 Å². The lowest BCUT2D eigenvalue weighted by molar-refractivity contribution is 0.414. The van der Waals surface area contributed by atoms with Gasteiger partial charge >= 0.3 is 0 Å². The number of aromatic nitrogens is 2. The van der Waals surface area contributed by atoms with E-state index >= 15 is 0 Å². The number of hydrogen-bond acceptors (Lipinski definition) is 2. The number of aromatic amines is 2. The lowest BCUT2D eigenvalue weighted by Gasteiger charge is -2.06. The van der Waals surface area contributed by atoms with Gasteiger partial charge in [0.25, 0.3) is 0 Å². The van der Waals surface area contributed by atoms with Crippen molar-refractivity contribution in [3.8, 4) is 17.1 Å². The molecule has 0 radical (unpaired) electrons. The van der Waals surface area contributed by atoms with Crippen LogP contribution in [-0.4, -0.2) is 23.3 Å². The molecule has 3 rings (SSSR count). The maximum atomic E-state index is 5.60. The number of allylic oxidation sites excluding steroid dienone is 2. The van der Waals surface area contributed by atoms with Gasteiger partial charge in [0.1, 0.15) is 5.75 Å². The standard InChI is InChI=1S/C30H45N3O/c1-3-4-5-6-7-8-9-10-11-12-13-14-15-16-18-25-20-22-32-27(25)23-29-30(34-2)24-28(33-29)26-19-17-21-31-26/h17,19-24,31,33H,3-16,18H2,1-2H3/b27-23-. The summed E-state index contributed by atoms with van der Waals surface area (Å²) < 4.78 is 5.60. The number of hydrogen-bond donors (Lipinski definition) is 2. The van der Waals surface area contributed by atoms with Crippen LogP contribution in [0.3, 0.4) is 0 Å². The Morgan fingerprint density at radius 3 is 2.09 bits per heavy atom. The van der Waals surface area contributed by atoms with Gasteiger partial charge in [-0.15, -0.1) is 0 Å². The summed E-state index contributed by atoms with van der Waals surface area (Å²) in [6.07, 6.45) is 28.7. The molecule has 2 N–H and O–H groups in total. The van der Waals surface area contributed by atoms with E-state index in [0.29, 0.717) is 0 Å². The predicted octanol–water partition coefficient (Wildman–Crippen LogP) is 9.24. The molecule has 2 aromatic rings. The lowest BCUT2D eigenvalue weighted by atomic mass is 10.0. The molecule has 0 bridgehead atoms. The molecular weight excluding hydrogens is 418 g/mol. The van der Waals surface area contributed by atoms with Gasteiger partial charge in [0.05, 0.1) is 29.9 Å². The third-order valence-electron chi connectivity index (χ3n) is 6.82. The van der Waals surface area contributed by atoms with E-state index in [0.717, 1.165) is 34.9 Å². The average Bonchev–Trinajstić information content (AvgIpc) is 3.61. The van der Waals surface area contributed by atoms with Crippen molar-refractivity contribution in [2.24, 2.45) is 4.99 Å². The quantitative estimate of drug-likeness (QED) is 0.213. The Kier molecular flexibility index (Phi) is 11.8. The van der Waals surface area contributed by atoms with Crippen molar-refractivity contribution in [2.45, 2.75) is 103 Å². The van der Waals surface area contributed by atoms with Crippen LogP contribution in [0, 0.1) is 0 Å². The molecule has 0 aromatic carbocycles. The molecule has 3 heterocycles. The van der Waals surface area contributed by atoms with Crippen molar-refractivity contribution >= 4 is 12.3 Å². The van der Waals surface area contributed by atoms with Crippen LogP contribution in [0.4, 0.5) is 0 Å². The highest BCUT2D eigenvalue weighted by Crippen LogP contribution is 2.31. The number of rotatable bonds is 18. The molecule has 0 fully saturated rings. The molecule has 0 atom stereocenters. The Morgan fingerprint density at radius 2 is 1.50 bits per heavy atom. The summed E-state index contributed by atoms with van der Waals surface area (Å²) in [7, 11) is 1.72. The Labute approximate surface area is 207 Å². The Bertz CT molecular complexity index is 902. The molecule has 1 aliphatic heterocycles. The van der Waals surface area contributed by atoms with E-state index in [9.17, 15) is 0 Å². The summed E-state index contributed by atoms with van der Waals surface area (Å²) in [5.74, 6) is 0.843. The Balaban J connectivity index is 1.30. The molecule has 0 aliphatic carbocycles. The first-order valence-corrected chi connectivity index (χ1v) is 13.7. The topological polar surface area (TPSA) is 53.2 Å². The summed E-state index contributed by atoms with van der Waals surface area (Å²) in [4.78, 5) is 11.3. The molecule has 34 heavy (non-hydrogen) atoms. The third kappa shape index (κ3) is 8.70. The van der Waals surface area contributed by atoms with Gasteiger partial charge in [0.15, 0.2) is 0 Å². The molecule has 0 saturated carbocycles. The number of H-pyrrole nitrogens is 2. The minimum absolute atomic E-state index is 0.843. The van der Waals surface area contributed by atoms with E-state index in [2.05, 4.69) is 40.1 Å². The largest absolute Gasteiger partial charge is 0.494 e. The van der Waals surface area contributed by atoms with Crippen molar-refractivity contribution in [2.75, 3.05) is 7.11 Å². The van der Waals surface area contributed by atoms with Gasteiger partial charge in [-0.3, -0.25) is 4.99 Å². The van der Waals surface area contributed by atoms with Crippen LogP contribution in [-0.2, 0) is 0 Å². The van der Waals surface area contributed by atoms with Crippen LogP contribution in [0.25, 0.3) is 17.5 Å². The lowest BCUT2D eigenvalue weighted by Crippen LogP contribution is -1.88. The van der Waals surface area contributed by atoms with Crippen LogP contribution < -0.4 is 4.74 Å². The normalized spacial score (nSPS) is 14.3. The van der Waals surface area contributed by atoms with Gasteiger partial charge in [0.2, 0.25) is 0 Å². The first kappa shape index (κ1) is 26.1. The van der Waals surface area contributed by atoms with Crippen molar-refractivity contribution in [1.82, 2.24) is 9.97 Å². The highest BCUT2D eigenvalue weighted by Gasteiger charge is 2.13. The number of ether oxygens (including phenoxy) is 1. The second-order valence-corrected chi connectivity index (χ2v) is 9.59. The predicted molar refractivity (Wildman–Crippen MR) is 147 cm³/mol. The van der Waals surface area contributed by atoms with Gasteiger partial charge in [-0.1, -0.05) is 90.4 Å². The fourth-order valence-corrected chi connectivity index (χ4v) is 4.73. The molecule has 4 heteroatoms. The Hall–Kier alpha value is -2.49. The zero-order valence-corrected chi connectivity index (χ0v) is 21.5. The summed E-state index contributed by atoms with van der Waals surface area (Å²) in [6, 6.07) is 6.09. The molecule has 0 amide bonds. The molecule has 4 nitrogen and oxygen atoms in total. The van der Waals surface area contributed by atoms with Crippen LogP contribution in [0.2, 0.25) is 0 Å². The summed E-state index contributed by atoms with van der Waals surface area (Å²) in [6.45, 7) is 2.29. The van der Waals surface area contributed by atoms with Crippen LogP contribution >= 0.6 is 0 Å². The molecular formula is C30H45N3O. The van der Waals surface area contributed by atoms with Crippen LogP contribution in [0.15, 0.2) is 46.7 Å². The fourth-order valence-electron chi connectivity index (χ4n) is 4.73. The smallest absolute Gasteiger partial charge is 0.144 e. The zero-order chi connectivity index (χ0) is 23.8. The van der Waals surface area contributed by atoms with E-state index in [-0.39, 0.29) is 0 Å². The monoisotopic (exact) mass is 463 g/mol. The Morgan fingerprint density at radius 1 is 0.853 bits per heavy atom. The van der Waals surface area contributed by atoms with Gasteiger partial charge in [-0.2, -0.15) is 0 Å². The number of aliphatic imine (C=N–C) groups is 1. The minimum Gasteiger partial charge on any atom is -0.494 e. The van der Waals surface area contributed by atoms with E-state index in [1.54, 1.807) is 7.11 Å². The maximum absolute atomic E-state index is 5.60. The van der Waals surface area contributed by atoms with E-state index in [4.69, 9.17) is 4.74 Å². The number of unbranched alkanes of at least 4 members (excludes halogenated alkanes) is 13. The minimum atomic E-state index is 0.843. The molecule has 2 aromatic heterocycles. The first-order valence-electron chi connectivity index (χ1n) is 13.7. The number of nitrogens with zero attached hydrogens (tertiary/aromatic N) is 1. The van der Waals surface area contributed by atoms with E-state index < -0.39 is 0 Å². The second-order valence-electron chi connectivity index (χ2n) is 9.59. The maximum Gasteiger partial charge on any atom is 0.144 e. The van der Waals surface area contributed by atoms with Gasteiger partial charge < -0.3 is 14.7 Å². The highest BCUT2D eigenvalue weighted by molar-refractivity contribution is 5.82. The van der Waals surface area contributed by atoms with Crippen LogP contribution in [0.1, 0.15) is 109 Å². The van der Waals surface area contributed by atoms with E-state index in [1.165, 1.54) is 95.5 Å². The SMILES string of the molecule is CCCCCCCCCCCCCCCCC1=CC=N/C1=C\c1[nH]c(-c2ccc[nH]2)cc1OC. The van der Waals surface area contributed by atoms with Crippen molar-refractivity contribution in [3.63, 3.8) is 0 Å². The molecule has 0 spiro atoms. The average molecular weight is 464 g/mol. The summed E-state index contributed by atoms with van der Waals surface area (Å²) in [5, 5.41) is 0. The zero-order valence-electron chi connectivity index (χ0n) is 21.5. The summed E-state index contributed by atoms with van der Waals surface area (Å²) >= 11 is 0. The molecule has 0 saturated heterocycles. The number of methoxy groups -OCH3 is 1. The second kappa shape index (κ2) is 15.4. The third-order valence-corrected chi connectivity index (χ3v) is 6.82. The first-order chi connectivity index (χ1) is 16.8. The van der Waals surface area contributed by atoms with Crippen molar-refractivity contribution in [3.05, 3.63) is 47.4 Å². The summed E-state index contributed by atoms with van der Waals surface area (Å²) in [5.41, 5.74) is 5.42. The molecule has 0 unspecified atom stereocenters. The molecule has 186 valence electrons. The van der Waals surface area contributed by atoms with Gasteiger partial charge in [0, 0.05) is 18.5 Å². The van der Waals surface area contributed by atoms with Crippen LogP contribution in [0.5, 0.6) is 5.75 Å². The highest BCUT2D eigenvalue weighted by atomic mass is 16.5. The number of nitrogens with one attached hydrogen (secondary N) is 2. The van der Waals surface area contributed by atoms with Gasteiger partial charge in [-0.25, -0.2) is 0 Å². The fraction of sp³-hybridized carbons (Fsp3) is 0.567. The molecule has 1 aliphatic rings. The van der Waals surface area contributed by atoms with E-state index in [1.807, 2.05) is 24.5 Å². The van der Waals surface area contributed by atoms with Crippen molar-refractivity contribution < 1.29 is 4.74 Å².